The summed E-state index contributed by atoms with van der Waals surface area (Å²) in [5.74, 6) is -1.01. The maximum Gasteiger partial charge on any atom is 0.418 e. The largest absolute Gasteiger partial charge is 0.418 e. The number of hydrogen-bond donors (Lipinski definition) is 1. The van der Waals surface area contributed by atoms with E-state index in [0.717, 1.165) is 12.5 Å². The van der Waals surface area contributed by atoms with Crippen LogP contribution in [0.15, 0.2) is 30.5 Å². The Kier molecular flexibility index (Phi) is 5.31. The molecule has 0 aromatic carbocycles. The smallest absolute Gasteiger partial charge is 0.354 e. The lowest BCUT2D eigenvalue weighted by Gasteiger charge is -2.34. The Labute approximate surface area is 154 Å². The van der Waals surface area contributed by atoms with Crippen LogP contribution in [0.2, 0.25) is 0 Å². The van der Waals surface area contributed by atoms with Crippen LogP contribution in [0.1, 0.15) is 35.0 Å². The maximum absolute atomic E-state index is 13.4. The number of hydrogen-bond acceptors (Lipinski definition) is 5. The number of nitrogens with one attached hydrogen (secondary N) is 2. The molecule has 1 saturated heterocycles. The SMILES string of the molecule is CCC1CN(c2ccc(C(F)(F)F)c(C(=O)c3cccnc3[NH])n2)CCN1. The van der Waals surface area contributed by atoms with Crippen molar-refractivity contribution >= 4 is 17.4 Å². The maximum atomic E-state index is 13.4. The van der Waals surface area contributed by atoms with E-state index in [2.05, 4.69) is 15.3 Å². The van der Waals surface area contributed by atoms with Crippen LogP contribution in [0.4, 0.5) is 24.8 Å². The lowest BCUT2D eigenvalue weighted by molar-refractivity contribution is -0.138. The number of ketones is 1. The zero-order chi connectivity index (χ0) is 19.6. The van der Waals surface area contributed by atoms with Crippen LogP contribution >= 0.6 is 0 Å². The third-order valence-corrected chi connectivity index (χ3v) is 4.53. The third kappa shape index (κ3) is 4.02. The predicted molar refractivity (Wildman–Crippen MR) is 94.0 cm³/mol. The number of piperazine rings is 1. The summed E-state index contributed by atoms with van der Waals surface area (Å²) in [4.78, 5) is 22.3. The highest BCUT2D eigenvalue weighted by atomic mass is 19.4. The van der Waals surface area contributed by atoms with Crippen LogP contribution in [0.25, 0.3) is 0 Å². The fourth-order valence-electron chi connectivity index (χ4n) is 3.05. The van der Waals surface area contributed by atoms with Crippen molar-refractivity contribution < 1.29 is 18.0 Å². The molecule has 0 aliphatic carbocycles. The Morgan fingerprint density at radius 3 is 2.81 bits per heavy atom. The summed E-state index contributed by atoms with van der Waals surface area (Å²) in [5, 5.41) is 3.33. The van der Waals surface area contributed by atoms with Gasteiger partial charge in [-0.3, -0.25) is 10.5 Å². The van der Waals surface area contributed by atoms with Crippen molar-refractivity contribution in [2.24, 2.45) is 0 Å². The number of nitrogens with zero attached hydrogens (tertiary/aromatic N) is 3. The summed E-state index contributed by atoms with van der Waals surface area (Å²) in [6, 6.07) is 5.08. The summed E-state index contributed by atoms with van der Waals surface area (Å²) < 4.78 is 40.3. The van der Waals surface area contributed by atoms with Crippen LogP contribution in [0, 0.1) is 0 Å². The van der Waals surface area contributed by atoms with Gasteiger partial charge in [0, 0.05) is 31.9 Å². The van der Waals surface area contributed by atoms with Crippen molar-refractivity contribution in [1.82, 2.24) is 21.0 Å². The number of aromatic nitrogens is 2. The Morgan fingerprint density at radius 1 is 1.37 bits per heavy atom. The average molecular weight is 378 g/mol. The minimum atomic E-state index is -4.73. The van der Waals surface area contributed by atoms with E-state index < -0.39 is 23.2 Å². The molecule has 1 unspecified atom stereocenters. The second kappa shape index (κ2) is 7.51. The van der Waals surface area contributed by atoms with Crippen LogP contribution in [-0.2, 0) is 6.18 Å². The number of anilines is 1. The zero-order valence-electron chi connectivity index (χ0n) is 14.7. The van der Waals surface area contributed by atoms with Crippen molar-refractivity contribution in [3.05, 3.63) is 47.3 Å². The standard InChI is InChI=1S/C18H19F3N5O/c1-2-11-10-26(9-8-23-11)14-6-5-13(18(19,20)21)15(25-14)16(27)12-4-3-7-24-17(12)22/h3-7,11,22-23H,2,8-10H2,1H3. The van der Waals surface area contributed by atoms with E-state index in [9.17, 15) is 18.0 Å². The normalized spacial score (nSPS) is 17.8. The fraction of sp³-hybridized carbons (Fsp3) is 0.389. The molecule has 0 saturated carbocycles. The summed E-state index contributed by atoms with van der Waals surface area (Å²) in [7, 11) is 0. The van der Waals surface area contributed by atoms with Gasteiger partial charge in [0.1, 0.15) is 11.5 Å². The van der Waals surface area contributed by atoms with Gasteiger partial charge >= 0.3 is 6.18 Å². The van der Waals surface area contributed by atoms with E-state index in [0.29, 0.717) is 25.5 Å². The van der Waals surface area contributed by atoms with Gasteiger partial charge in [-0.1, -0.05) is 6.92 Å². The topological polar surface area (TPSA) is 81.9 Å². The molecule has 27 heavy (non-hydrogen) atoms. The van der Waals surface area contributed by atoms with Crippen LogP contribution < -0.4 is 16.0 Å². The summed E-state index contributed by atoms with van der Waals surface area (Å²) in [5.41, 5.74) is 5.70. The molecule has 0 spiro atoms. The fourth-order valence-corrected chi connectivity index (χ4v) is 3.05. The molecular weight excluding hydrogens is 359 g/mol. The van der Waals surface area contributed by atoms with Gasteiger partial charge in [0.2, 0.25) is 5.78 Å². The van der Waals surface area contributed by atoms with Crippen molar-refractivity contribution in [1.29, 1.82) is 0 Å². The molecule has 3 rings (SSSR count). The van der Waals surface area contributed by atoms with Crippen molar-refractivity contribution in [2.45, 2.75) is 25.6 Å². The van der Waals surface area contributed by atoms with Gasteiger partial charge < -0.3 is 10.2 Å². The van der Waals surface area contributed by atoms with Crippen LogP contribution in [-0.4, -0.2) is 41.4 Å². The monoisotopic (exact) mass is 378 g/mol. The lowest BCUT2D eigenvalue weighted by Crippen LogP contribution is -2.50. The van der Waals surface area contributed by atoms with Gasteiger partial charge in [0.25, 0.3) is 0 Å². The first kappa shape index (κ1) is 19.1. The third-order valence-electron chi connectivity index (χ3n) is 4.53. The first-order valence-corrected chi connectivity index (χ1v) is 8.59. The molecular formula is C18H19F3N5O. The molecule has 1 aliphatic rings. The molecule has 9 heteroatoms. The van der Waals surface area contributed by atoms with Gasteiger partial charge in [-0.15, -0.1) is 0 Å². The Bertz CT molecular complexity index is 840. The highest BCUT2D eigenvalue weighted by Crippen LogP contribution is 2.34. The van der Waals surface area contributed by atoms with E-state index in [1.165, 1.54) is 24.4 Å². The summed E-state index contributed by atoms with van der Waals surface area (Å²) in [6.07, 6.45) is -2.55. The number of rotatable bonds is 4. The van der Waals surface area contributed by atoms with Crippen molar-refractivity contribution in [2.75, 3.05) is 24.5 Å². The second-order valence-corrected chi connectivity index (χ2v) is 6.30. The van der Waals surface area contributed by atoms with Crippen molar-refractivity contribution in [3.8, 4) is 0 Å². The lowest BCUT2D eigenvalue weighted by atomic mass is 10.0. The molecule has 1 radical (unpaired) electrons. The first-order chi connectivity index (χ1) is 12.8. The van der Waals surface area contributed by atoms with E-state index in [4.69, 9.17) is 5.73 Å². The van der Waals surface area contributed by atoms with Crippen LogP contribution in [0.3, 0.4) is 0 Å². The molecule has 2 N–H and O–H groups in total. The average Bonchev–Trinajstić information content (AvgIpc) is 2.66. The molecule has 2 aromatic heterocycles. The van der Waals surface area contributed by atoms with E-state index in [1.54, 1.807) is 0 Å². The number of carbonyl (C=O) groups is 1. The summed E-state index contributed by atoms with van der Waals surface area (Å²) in [6.45, 7) is 3.89. The van der Waals surface area contributed by atoms with Gasteiger partial charge in [-0.25, -0.2) is 9.97 Å². The van der Waals surface area contributed by atoms with E-state index in [-0.39, 0.29) is 17.4 Å². The molecule has 3 heterocycles. The Morgan fingerprint density at radius 2 is 2.15 bits per heavy atom. The van der Waals surface area contributed by atoms with Gasteiger partial charge in [-0.05, 0) is 30.7 Å². The van der Waals surface area contributed by atoms with Crippen LogP contribution in [0.5, 0.6) is 0 Å². The Balaban J connectivity index is 2.04. The zero-order valence-corrected chi connectivity index (χ0v) is 14.7. The van der Waals surface area contributed by atoms with Gasteiger partial charge in [0.05, 0.1) is 11.1 Å². The highest BCUT2D eigenvalue weighted by molar-refractivity contribution is 6.11. The Hall–Kier alpha value is -2.68. The molecule has 1 atom stereocenters. The first-order valence-electron chi connectivity index (χ1n) is 8.59. The van der Waals surface area contributed by atoms with E-state index in [1.807, 2.05) is 11.8 Å². The minimum absolute atomic E-state index is 0.208. The number of alkyl halides is 3. The second-order valence-electron chi connectivity index (χ2n) is 6.30. The predicted octanol–water partition coefficient (Wildman–Crippen LogP) is 2.83. The quantitative estimate of drug-likeness (QED) is 0.828. The molecule has 2 aromatic rings. The molecule has 1 fully saturated rings. The highest BCUT2D eigenvalue weighted by Gasteiger charge is 2.37. The van der Waals surface area contributed by atoms with E-state index >= 15 is 0 Å². The van der Waals surface area contributed by atoms with Gasteiger partial charge in [-0.2, -0.15) is 13.2 Å². The molecule has 0 bridgehead atoms. The van der Waals surface area contributed by atoms with Gasteiger partial charge in [0.15, 0.2) is 5.82 Å². The molecule has 1 aliphatic heterocycles. The number of halogens is 3. The number of carbonyl (C=O) groups excluding carboxylic acids is 1. The molecule has 6 nitrogen and oxygen atoms in total. The van der Waals surface area contributed by atoms with Crippen molar-refractivity contribution in [3.63, 3.8) is 0 Å². The number of pyridine rings is 2. The molecule has 143 valence electrons. The molecule has 0 amide bonds. The summed E-state index contributed by atoms with van der Waals surface area (Å²) >= 11 is 0. The minimum Gasteiger partial charge on any atom is -0.354 e.